The number of aromatic nitrogens is 1. The number of carbonyl (C=O) groups is 1. The Bertz CT molecular complexity index is 1460. The number of hydrogen-bond acceptors (Lipinski definition) is 10. The minimum Gasteiger partial charge on any atom is -0.456 e. The SMILES string of the molecule is CC1=C([C@H](C)[C@@H](O[C@@H]2OC(C)CC(N(C)C)[C@H]2P=O)[C@@](C)(C[C@@H](C)CO)OC/C=C/c2cnc3ccccc3c2)OC(C)(C)OC1=O. The van der Waals surface area contributed by atoms with Crippen molar-refractivity contribution in [3.05, 3.63) is 59.5 Å². The van der Waals surface area contributed by atoms with Gasteiger partial charge in [0.1, 0.15) is 11.4 Å². The van der Waals surface area contributed by atoms with Crippen LogP contribution in [0, 0.1) is 11.8 Å². The van der Waals surface area contributed by atoms with Crippen LogP contribution in [-0.2, 0) is 33.0 Å². The number of nitrogens with zero attached hydrogens (tertiary/aromatic N) is 2. The molecule has 1 aromatic carbocycles. The van der Waals surface area contributed by atoms with Crippen molar-refractivity contribution in [2.45, 2.75) is 103 Å². The number of fused-ring (bicyclic) bond motifs is 1. The number of hydrogen-bond donors (Lipinski definition) is 1. The average molecular weight is 671 g/mol. The van der Waals surface area contributed by atoms with Crippen molar-refractivity contribution < 1.29 is 38.2 Å². The number of benzene rings is 1. The van der Waals surface area contributed by atoms with Crippen molar-refractivity contribution in [1.29, 1.82) is 0 Å². The van der Waals surface area contributed by atoms with Crippen molar-refractivity contribution in [3.8, 4) is 0 Å². The minimum atomic E-state index is -1.18. The van der Waals surface area contributed by atoms with E-state index in [0.717, 1.165) is 16.5 Å². The predicted octanol–water partition coefficient (Wildman–Crippen LogP) is 6.37. The fraction of sp³-hybridized carbons (Fsp3) is 0.611. The largest absolute Gasteiger partial charge is 0.456 e. The van der Waals surface area contributed by atoms with Gasteiger partial charge in [-0.25, -0.2) is 4.79 Å². The van der Waals surface area contributed by atoms with Crippen LogP contribution in [0.1, 0.15) is 66.9 Å². The Labute approximate surface area is 280 Å². The van der Waals surface area contributed by atoms with E-state index in [1.165, 1.54) is 0 Å². The summed E-state index contributed by atoms with van der Waals surface area (Å²) in [5, 5.41) is 11.2. The van der Waals surface area contributed by atoms with Crippen molar-refractivity contribution in [3.63, 3.8) is 0 Å². The Morgan fingerprint density at radius 1 is 1.23 bits per heavy atom. The van der Waals surface area contributed by atoms with Gasteiger partial charge in [0.25, 0.3) is 0 Å². The summed E-state index contributed by atoms with van der Waals surface area (Å²) in [5.74, 6) is -1.88. The number of ether oxygens (including phenoxy) is 5. The lowest BCUT2D eigenvalue weighted by Gasteiger charge is -2.48. The van der Waals surface area contributed by atoms with Gasteiger partial charge in [0.05, 0.1) is 35.5 Å². The molecule has 47 heavy (non-hydrogen) atoms. The summed E-state index contributed by atoms with van der Waals surface area (Å²) in [7, 11) is 3.83. The van der Waals surface area contributed by atoms with Gasteiger partial charge in [-0.2, -0.15) is 0 Å². The minimum absolute atomic E-state index is 0.0540. The van der Waals surface area contributed by atoms with Gasteiger partial charge in [0.15, 0.2) is 14.8 Å². The smallest absolute Gasteiger partial charge is 0.340 e. The monoisotopic (exact) mass is 670 g/mol. The summed E-state index contributed by atoms with van der Waals surface area (Å²) < 4.78 is 44.4. The fourth-order valence-electron chi connectivity index (χ4n) is 6.66. The molecule has 0 amide bonds. The van der Waals surface area contributed by atoms with Crippen LogP contribution in [0.25, 0.3) is 17.0 Å². The number of pyridine rings is 1. The maximum atomic E-state index is 12.9. The molecule has 3 heterocycles. The lowest BCUT2D eigenvalue weighted by Crippen LogP contribution is -2.57. The molecule has 258 valence electrons. The Morgan fingerprint density at radius 3 is 2.64 bits per heavy atom. The molecule has 2 unspecified atom stereocenters. The molecule has 1 N–H and O–H groups in total. The first-order valence-corrected chi connectivity index (χ1v) is 17.2. The van der Waals surface area contributed by atoms with Crippen LogP contribution in [0.3, 0.4) is 0 Å². The van der Waals surface area contributed by atoms with Gasteiger partial charge in [0, 0.05) is 44.0 Å². The van der Waals surface area contributed by atoms with E-state index in [4.69, 9.17) is 23.7 Å². The molecule has 4 rings (SSSR count). The first-order valence-electron chi connectivity index (χ1n) is 16.4. The van der Waals surface area contributed by atoms with Gasteiger partial charge >= 0.3 is 5.97 Å². The summed E-state index contributed by atoms with van der Waals surface area (Å²) in [6, 6.07) is 9.97. The second-order valence-electron chi connectivity index (χ2n) is 13.9. The quantitative estimate of drug-likeness (QED) is 0.180. The molecule has 10 nitrogen and oxygen atoms in total. The van der Waals surface area contributed by atoms with Crippen LogP contribution in [0.2, 0.25) is 0 Å². The van der Waals surface area contributed by atoms with Crippen molar-refractivity contribution >= 4 is 31.4 Å². The number of aliphatic hydroxyl groups is 1. The van der Waals surface area contributed by atoms with Crippen molar-refractivity contribution in [1.82, 2.24) is 9.88 Å². The molecule has 1 aromatic heterocycles. The van der Waals surface area contributed by atoms with E-state index in [0.29, 0.717) is 24.2 Å². The summed E-state index contributed by atoms with van der Waals surface area (Å²) in [6.07, 6.45) is 5.09. The molecule has 11 heteroatoms. The summed E-state index contributed by atoms with van der Waals surface area (Å²) in [5.41, 5.74) is 0.715. The number of esters is 1. The highest BCUT2D eigenvalue weighted by molar-refractivity contribution is 7.24. The van der Waals surface area contributed by atoms with Gasteiger partial charge < -0.3 is 33.7 Å². The molecular formula is C36H51N2O8P. The van der Waals surface area contributed by atoms with E-state index >= 15 is 0 Å². The summed E-state index contributed by atoms with van der Waals surface area (Å²) in [6.45, 7) is 13.0. The molecule has 8 atom stereocenters. The molecule has 0 spiro atoms. The zero-order chi connectivity index (χ0) is 34.5. The molecule has 0 saturated carbocycles. The van der Waals surface area contributed by atoms with Crippen LogP contribution < -0.4 is 0 Å². The maximum absolute atomic E-state index is 12.9. The van der Waals surface area contributed by atoms with E-state index in [2.05, 4.69) is 16.0 Å². The van der Waals surface area contributed by atoms with Gasteiger partial charge in [-0.3, -0.25) is 9.55 Å². The van der Waals surface area contributed by atoms with Gasteiger partial charge in [-0.05, 0) is 71.3 Å². The van der Waals surface area contributed by atoms with Crippen LogP contribution in [0.4, 0.5) is 0 Å². The van der Waals surface area contributed by atoms with Crippen LogP contribution in [0.15, 0.2) is 53.9 Å². The number of carbonyl (C=O) groups excluding carboxylic acids is 1. The molecule has 0 bridgehead atoms. The number of para-hydroxylation sites is 1. The van der Waals surface area contributed by atoms with E-state index in [1.807, 2.05) is 84.4 Å². The Balaban J connectivity index is 1.71. The molecule has 1 fully saturated rings. The van der Waals surface area contributed by atoms with E-state index in [1.54, 1.807) is 20.8 Å². The second kappa shape index (κ2) is 15.7. The number of aliphatic hydroxyl groups excluding tert-OH is 1. The summed E-state index contributed by atoms with van der Waals surface area (Å²) >= 11 is 0. The molecule has 2 aromatic rings. The van der Waals surface area contributed by atoms with E-state index < -0.39 is 41.3 Å². The molecule has 2 aliphatic rings. The first-order chi connectivity index (χ1) is 22.2. The van der Waals surface area contributed by atoms with E-state index in [-0.39, 0.29) is 39.7 Å². The highest BCUT2D eigenvalue weighted by atomic mass is 31.1. The average Bonchev–Trinajstić information content (AvgIpc) is 3.02. The lowest BCUT2D eigenvalue weighted by atomic mass is 9.80. The highest BCUT2D eigenvalue weighted by Crippen LogP contribution is 2.42. The van der Waals surface area contributed by atoms with Crippen LogP contribution in [0.5, 0.6) is 0 Å². The molecule has 0 aliphatic carbocycles. The Kier molecular flexibility index (Phi) is 12.4. The van der Waals surface area contributed by atoms with E-state index in [9.17, 15) is 14.5 Å². The summed E-state index contributed by atoms with van der Waals surface area (Å²) in [4.78, 5) is 19.5. The zero-order valence-corrected chi connectivity index (χ0v) is 30.0. The zero-order valence-electron chi connectivity index (χ0n) is 29.1. The molecule has 1 saturated heterocycles. The standard InChI is InChI=1S/C36H51N2O8P/c1-22(21-39)19-36(7,42-16-12-13-26-18-27-14-10-11-15-28(27)37-20-26)32(24(3)30-25(4)33(40)46-35(5,6)45-30)44-34-31(47-41)29(38(8)9)17-23(2)43-34/h10-15,18,20,22-24,29,31-32,34,39H,16-17,19,21H2,1-9H3/b13-12+/t22-,23?,24+,29?,31-,32-,34+,36-/m1/s1. The van der Waals surface area contributed by atoms with Crippen LogP contribution >= 0.6 is 8.46 Å². The third-order valence-electron chi connectivity index (χ3n) is 9.01. The third kappa shape index (κ3) is 9.05. The fourth-order valence-corrected chi connectivity index (χ4v) is 7.43. The van der Waals surface area contributed by atoms with Gasteiger partial charge in [-0.15, -0.1) is 0 Å². The van der Waals surface area contributed by atoms with Gasteiger partial charge in [-0.1, -0.05) is 44.2 Å². The van der Waals surface area contributed by atoms with Crippen molar-refractivity contribution in [2.24, 2.45) is 11.8 Å². The molecule has 2 aliphatic heterocycles. The predicted molar refractivity (Wildman–Crippen MR) is 182 cm³/mol. The Hall–Kier alpha value is -2.72. The Morgan fingerprint density at radius 2 is 1.96 bits per heavy atom. The topological polar surface area (TPSA) is 117 Å². The third-order valence-corrected chi connectivity index (χ3v) is 9.85. The molecule has 0 radical (unpaired) electrons. The second-order valence-corrected chi connectivity index (χ2v) is 14.7. The van der Waals surface area contributed by atoms with Crippen LogP contribution in [-0.4, -0.2) is 89.9 Å². The maximum Gasteiger partial charge on any atom is 0.340 e. The normalized spacial score (nSPS) is 26.7. The first kappa shape index (κ1) is 37.1. The highest BCUT2D eigenvalue weighted by Gasteiger charge is 2.50. The van der Waals surface area contributed by atoms with Crippen molar-refractivity contribution in [2.75, 3.05) is 27.3 Å². The number of cyclic esters (lactones) is 1. The molecular weight excluding hydrogens is 619 g/mol. The number of rotatable bonds is 14. The van der Waals surface area contributed by atoms with Gasteiger partial charge in [0.2, 0.25) is 5.79 Å². The lowest BCUT2D eigenvalue weighted by molar-refractivity contribution is -0.268.